The van der Waals surface area contributed by atoms with Crippen LogP contribution < -0.4 is 5.43 Å². The van der Waals surface area contributed by atoms with Crippen molar-refractivity contribution in [2.24, 2.45) is 5.10 Å². The number of non-ortho nitro benzene ring substituents is 1. The number of hydrogen-bond donors (Lipinski definition) is 3. The van der Waals surface area contributed by atoms with Crippen molar-refractivity contribution in [1.82, 2.24) is 15.6 Å². The van der Waals surface area contributed by atoms with Crippen molar-refractivity contribution in [3.63, 3.8) is 0 Å². The Balaban J connectivity index is 1.81. The molecule has 0 spiro atoms. The Morgan fingerprint density at radius 1 is 1.09 bits per heavy atom. The molecular formula is C25H29N5O4. The van der Waals surface area contributed by atoms with Crippen LogP contribution in [-0.4, -0.2) is 32.3 Å². The highest BCUT2D eigenvalue weighted by atomic mass is 16.6. The van der Waals surface area contributed by atoms with Crippen LogP contribution in [0.15, 0.2) is 47.6 Å². The third-order valence-electron chi connectivity index (χ3n) is 5.30. The van der Waals surface area contributed by atoms with Gasteiger partial charge in [0.15, 0.2) is 0 Å². The molecule has 2 aromatic carbocycles. The van der Waals surface area contributed by atoms with E-state index < -0.39 is 10.8 Å². The first-order valence-corrected chi connectivity index (χ1v) is 10.8. The van der Waals surface area contributed by atoms with Crippen molar-refractivity contribution in [1.29, 1.82) is 0 Å². The van der Waals surface area contributed by atoms with Crippen molar-refractivity contribution in [3.8, 4) is 17.0 Å². The third-order valence-corrected chi connectivity index (χ3v) is 5.30. The fourth-order valence-corrected chi connectivity index (χ4v) is 3.47. The zero-order chi connectivity index (χ0) is 25.3. The Hall–Kier alpha value is -4.01. The molecule has 9 heteroatoms. The molecule has 9 nitrogen and oxygen atoms in total. The quantitative estimate of drug-likeness (QED) is 0.277. The summed E-state index contributed by atoms with van der Waals surface area (Å²) < 4.78 is 0. The highest BCUT2D eigenvalue weighted by molar-refractivity contribution is 5.94. The number of amides is 1. The van der Waals surface area contributed by atoms with Gasteiger partial charge in [0.05, 0.1) is 16.8 Å². The van der Waals surface area contributed by atoms with Gasteiger partial charge in [0.25, 0.3) is 11.6 Å². The third kappa shape index (κ3) is 5.48. The van der Waals surface area contributed by atoms with Gasteiger partial charge in [-0.3, -0.25) is 20.0 Å². The standard InChI is InChI=1S/C25H29N5O4/c1-24(2,3)18-10-15(11-19(22(18)31)25(4,5)6)14-26-29-23(32)21-13-20(27-28-21)16-8-7-9-17(12-16)30(33)34/h7-14,31H,1-6H3,(H,27,28)(H,29,32). The molecule has 0 aliphatic rings. The summed E-state index contributed by atoms with van der Waals surface area (Å²) >= 11 is 0. The fourth-order valence-electron chi connectivity index (χ4n) is 3.47. The molecule has 0 aliphatic carbocycles. The lowest BCUT2D eigenvalue weighted by molar-refractivity contribution is -0.384. The highest BCUT2D eigenvalue weighted by Gasteiger charge is 2.26. The van der Waals surface area contributed by atoms with Crippen LogP contribution in [-0.2, 0) is 10.8 Å². The van der Waals surface area contributed by atoms with Crippen molar-refractivity contribution in [2.45, 2.75) is 52.4 Å². The van der Waals surface area contributed by atoms with E-state index in [0.717, 1.165) is 16.7 Å². The molecule has 0 bridgehead atoms. The van der Waals surface area contributed by atoms with Gasteiger partial charge in [-0.2, -0.15) is 10.2 Å². The lowest BCUT2D eigenvalue weighted by Gasteiger charge is -2.27. The number of aromatic hydroxyl groups is 1. The van der Waals surface area contributed by atoms with Gasteiger partial charge < -0.3 is 5.11 Å². The predicted molar refractivity (Wildman–Crippen MR) is 131 cm³/mol. The van der Waals surface area contributed by atoms with E-state index in [1.54, 1.807) is 12.1 Å². The van der Waals surface area contributed by atoms with E-state index in [1.165, 1.54) is 24.4 Å². The number of phenolic OH excluding ortho intramolecular Hbond substituents is 1. The number of carbonyl (C=O) groups is 1. The van der Waals surface area contributed by atoms with Gasteiger partial charge in [0.2, 0.25) is 0 Å². The summed E-state index contributed by atoms with van der Waals surface area (Å²) in [5, 5.41) is 32.6. The van der Waals surface area contributed by atoms with Crippen molar-refractivity contribution >= 4 is 17.8 Å². The average molecular weight is 464 g/mol. The summed E-state index contributed by atoms with van der Waals surface area (Å²) in [7, 11) is 0. The van der Waals surface area contributed by atoms with Gasteiger partial charge >= 0.3 is 0 Å². The van der Waals surface area contributed by atoms with Crippen LogP contribution >= 0.6 is 0 Å². The monoisotopic (exact) mass is 463 g/mol. The highest BCUT2D eigenvalue weighted by Crippen LogP contribution is 2.39. The van der Waals surface area contributed by atoms with Crippen molar-refractivity contribution in [2.75, 3.05) is 0 Å². The van der Waals surface area contributed by atoms with E-state index >= 15 is 0 Å². The summed E-state index contributed by atoms with van der Waals surface area (Å²) in [5.41, 5.74) is 5.25. The molecular weight excluding hydrogens is 434 g/mol. The Morgan fingerprint density at radius 3 is 2.26 bits per heavy atom. The zero-order valence-electron chi connectivity index (χ0n) is 20.1. The maximum atomic E-state index is 12.5. The molecule has 3 N–H and O–H groups in total. The minimum absolute atomic E-state index is 0.0609. The molecule has 3 aromatic rings. The molecule has 178 valence electrons. The van der Waals surface area contributed by atoms with Crippen molar-refractivity contribution < 1.29 is 14.8 Å². The first-order valence-electron chi connectivity index (χ1n) is 10.8. The second-order valence-electron chi connectivity index (χ2n) is 10.1. The van der Waals surface area contributed by atoms with Crippen LogP contribution in [0.2, 0.25) is 0 Å². The van der Waals surface area contributed by atoms with Crippen LogP contribution in [0.25, 0.3) is 11.3 Å². The second-order valence-corrected chi connectivity index (χ2v) is 10.1. The molecule has 3 rings (SSSR count). The number of nitrogens with one attached hydrogen (secondary N) is 2. The largest absolute Gasteiger partial charge is 0.507 e. The van der Waals surface area contributed by atoms with Gasteiger partial charge in [-0.1, -0.05) is 53.7 Å². The Kier molecular flexibility index (Phi) is 6.58. The molecule has 1 heterocycles. The number of carbonyl (C=O) groups excluding carboxylic acids is 1. The number of benzene rings is 2. The van der Waals surface area contributed by atoms with Gasteiger partial charge in [0, 0.05) is 28.8 Å². The lowest BCUT2D eigenvalue weighted by atomic mass is 9.78. The number of hydrogen-bond acceptors (Lipinski definition) is 6. The molecule has 0 unspecified atom stereocenters. The van der Waals surface area contributed by atoms with Crippen LogP contribution in [0.5, 0.6) is 5.75 Å². The van der Waals surface area contributed by atoms with E-state index in [1.807, 2.05) is 53.7 Å². The number of nitro benzene ring substituents is 1. The van der Waals surface area contributed by atoms with Gasteiger partial charge in [-0.15, -0.1) is 0 Å². The number of H-pyrrole nitrogens is 1. The molecule has 34 heavy (non-hydrogen) atoms. The van der Waals surface area contributed by atoms with Gasteiger partial charge in [-0.25, -0.2) is 5.43 Å². The first kappa shape index (κ1) is 24.6. The number of phenols is 1. The maximum Gasteiger partial charge on any atom is 0.289 e. The minimum Gasteiger partial charge on any atom is -0.507 e. The van der Waals surface area contributed by atoms with Crippen LogP contribution in [0, 0.1) is 10.1 Å². The Morgan fingerprint density at radius 2 is 1.71 bits per heavy atom. The molecule has 0 saturated heterocycles. The summed E-state index contributed by atoms with van der Waals surface area (Å²) in [6.07, 6.45) is 1.53. The molecule has 1 amide bonds. The number of nitro groups is 1. The molecule has 0 atom stereocenters. The molecule has 1 aromatic heterocycles. The average Bonchev–Trinajstić information content (AvgIpc) is 3.23. The zero-order valence-corrected chi connectivity index (χ0v) is 20.1. The number of aromatic nitrogens is 2. The van der Waals surface area contributed by atoms with E-state index in [4.69, 9.17) is 0 Å². The van der Waals surface area contributed by atoms with Crippen LogP contribution in [0.4, 0.5) is 5.69 Å². The Labute approximate surface area is 198 Å². The van der Waals surface area contributed by atoms with Gasteiger partial charge in [-0.05, 0) is 34.6 Å². The van der Waals surface area contributed by atoms with Gasteiger partial charge in [0.1, 0.15) is 11.4 Å². The predicted octanol–water partition coefficient (Wildman–Crippen LogP) is 5.05. The number of aromatic amines is 1. The summed E-state index contributed by atoms with van der Waals surface area (Å²) in [5.74, 6) is -0.237. The molecule has 0 saturated carbocycles. The van der Waals surface area contributed by atoms with E-state index in [-0.39, 0.29) is 28.0 Å². The number of nitrogens with zero attached hydrogens (tertiary/aromatic N) is 3. The Bertz CT molecular complexity index is 1230. The first-order chi connectivity index (χ1) is 15.8. The van der Waals surface area contributed by atoms with Crippen LogP contribution in [0.1, 0.15) is 68.7 Å². The number of rotatable bonds is 5. The lowest BCUT2D eigenvalue weighted by Crippen LogP contribution is -2.19. The normalized spacial score (nSPS) is 12.2. The second kappa shape index (κ2) is 9.09. The van der Waals surface area contributed by atoms with E-state index in [9.17, 15) is 20.0 Å². The maximum absolute atomic E-state index is 12.5. The topological polar surface area (TPSA) is 134 Å². The summed E-state index contributed by atoms with van der Waals surface area (Å²) in [6, 6.07) is 11.2. The molecule has 0 aliphatic heterocycles. The van der Waals surface area contributed by atoms with Crippen molar-refractivity contribution in [3.05, 3.63) is 75.0 Å². The minimum atomic E-state index is -0.508. The molecule has 0 radical (unpaired) electrons. The van der Waals surface area contributed by atoms with Crippen LogP contribution in [0.3, 0.4) is 0 Å². The number of hydrazone groups is 1. The summed E-state index contributed by atoms with van der Waals surface area (Å²) in [4.78, 5) is 23.0. The van der Waals surface area contributed by atoms with E-state index in [0.29, 0.717) is 11.3 Å². The molecule has 0 fully saturated rings. The summed E-state index contributed by atoms with van der Waals surface area (Å²) in [6.45, 7) is 12.1. The SMILES string of the molecule is CC(C)(C)c1cc(C=NNC(=O)c2cc(-c3cccc([N+](=O)[O-])c3)n[nH]2)cc(C(C)(C)C)c1O. The van der Waals surface area contributed by atoms with E-state index in [2.05, 4.69) is 20.7 Å². The smallest absolute Gasteiger partial charge is 0.289 e. The fraction of sp³-hybridized carbons (Fsp3) is 0.320.